The van der Waals surface area contributed by atoms with Crippen molar-refractivity contribution in [3.05, 3.63) is 23.9 Å². The van der Waals surface area contributed by atoms with E-state index in [2.05, 4.69) is 55.2 Å². The van der Waals surface area contributed by atoms with Gasteiger partial charge < -0.3 is 10.2 Å². The number of anilines is 1. The van der Waals surface area contributed by atoms with Crippen LogP contribution in [0.4, 0.5) is 5.82 Å². The number of piperidine rings is 1. The van der Waals surface area contributed by atoms with Gasteiger partial charge in [0.25, 0.3) is 0 Å². The number of hydrogen-bond acceptors (Lipinski definition) is 3. The van der Waals surface area contributed by atoms with Crippen molar-refractivity contribution < 1.29 is 0 Å². The van der Waals surface area contributed by atoms with Crippen LogP contribution in [0.3, 0.4) is 0 Å². The molecule has 2 heterocycles. The van der Waals surface area contributed by atoms with Crippen molar-refractivity contribution in [1.82, 2.24) is 9.88 Å². The number of nitrogens with one attached hydrogen (secondary N) is 1. The van der Waals surface area contributed by atoms with Crippen LogP contribution in [-0.4, -0.2) is 36.1 Å². The van der Waals surface area contributed by atoms with Crippen LogP contribution in [0.5, 0.6) is 0 Å². The lowest BCUT2D eigenvalue weighted by Gasteiger charge is -2.30. The maximum Gasteiger partial charge on any atom is 0.126 e. The number of nitrogens with zero attached hydrogens (tertiary/aromatic N) is 2. The third-order valence-electron chi connectivity index (χ3n) is 3.61. The number of likely N-dealkylation sites (N-methyl/N-ethyl adjacent to an activating group) is 1. The third kappa shape index (κ3) is 3.45. The van der Waals surface area contributed by atoms with Gasteiger partial charge in [-0.3, -0.25) is 0 Å². The van der Waals surface area contributed by atoms with Crippen molar-refractivity contribution in [2.75, 3.05) is 25.5 Å². The second-order valence-electron chi connectivity index (χ2n) is 6.43. The molecule has 1 aliphatic heterocycles. The first-order valence-corrected chi connectivity index (χ1v) is 6.87. The van der Waals surface area contributed by atoms with Gasteiger partial charge in [0, 0.05) is 18.8 Å². The molecule has 0 spiro atoms. The summed E-state index contributed by atoms with van der Waals surface area (Å²) in [7, 11) is 2.18. The smallest absolute Gasteiger partial charge is 0.126 e. The monoisotopic (exact) mass is 247 g/mol. The quantitative estimate of drug-likeness (QED) is 0.871. The first kappa shape index (κ1) is 13.3. The number of aromatic nitrogens is 1. The topological polar surface area (TPSA) is 28.2 Å². The Morgan fingerprint density at radius 1 is 1.33 bits per heavy atom. The van der Waals surface area contributed by atoms with Crippen molar-refractivity contribution in [3.63, 3.8) is 0 Å². The molecule has 1 saturated heterocycles. The third-order valence-corrected chi connectivity index (χ3v) is 3.61. The Morgan fingerprint density at radius 2 is 2.11 bits per heavy atom. The lowest BCUT2D eigenvalue weighted by molar-refractivity contribution is 0.261. The van der Waals surface area contributed by atoms with E-state index in [9.17, 15) is 0 Å². The zero-order chi connectivity index (χ0) is 13.2. The average Bonchev–Trinajstić information content (AvgIpc) is 2.28. The van der Waals surface area contributed by atoms with Crippen molar-refractivity contribution in [1.29, 1.82) is 0 Å². The molecular formula is C15H25N3. The van der Waals surface area contributed by atoms with Crippen LogP contribution in [0, 0.1) is 0 Å². The van der Waals surface area contributed by atoms with Gasteiger partial charge in [0.1, 0.15) is 5.82 Å². The highest BCUT2D eigenvalue weighted by atomic mass is 15.1. The van der Waals surface area contributed by atoms with E-state index in [1.165, 1.54) is 24.9 Å². The standard InChI is InChI=1S/C15H25N3/c1-15(2,3)12-7-8-14(16-10-12)17-13-6-5-9-18(4)11-13/h7-8,10,13H,5-6,9,11H2,1-4H3,(H,16,17). The summed E-state index contributed by atoms with van der Waals surface area (Å²) in [6, 6.07) is 4.83. The van der Waals surface area contributed by atoms with Gasteiger partial charge in [-0.15, -0.1) is 0 Å². The summed E-state index contributed by atoms with van der Waals surface area (Å²) in [5.41, 5.74) is 1.46. The van der Waals surface area contributed by atoms with Crippen molar-refractivity contribution >= 4 is 5.82 Å². The molecule has 0 bridgehead atoms. The SMILES string of the molecule is CN1CCCC(Nc2ccc(C(C)(C)C)cn2)C1. The summed E-state index contributed by atoms with van der Waals surface area (Å²) in [6.07, 6.45) is 4.51. The molecule has 1 fully saturated rings. The maximum atomic E-state index is 4.53. The zero-order valence-electron chi connectivity index (χ0n) is 12.0. The maximum absolute atomic E-state index is 4.53. The Hall–Kier alpha value is -1.09. The zero-order valence-corrected chi connectivity index (χ0v) is 12.0. The Labute approximate surface area is 111 Å². The molecule has 3 heteroatoms. The van der Waals surface area contributed by atoms with E-state index in [0.717, 1.165) is 12.4 Å². The molecule has 1 unspecified atom stereocenters. The van der Waals surface area contributed by atoms with Gasteiger partial charge in [-0.2, -0.15) is 0 Å². The van der Waals surface area contributed by atoms with E-state index in [-0.39, 0.29) is 5.41 Å². The van der Waals surface area contributed by atoms with Gasteiger partial charge in [-0.25, -0.2) is 4.98 Å². The normalized spacial score (nSPS) is 21.9. The van der Waals surface area contributed by atoms with E-state index in [4.69, 9.17) is 0 Å². The molecule has 0 amide bonds. The van der Waals surface area contributed by atoms with E-state index < -0.39 is 0 Å². The largest absolute Gasteiger partial charge is 0.366 e. The van der Waals surface area contributed by atoms with Crippen molar-refractivity contribution in [2.45, 2.75) is 45.1 Å². The van der Waals surface area contributed by atoms with Gasteiger partial charge in [0.05, 0.1) is 0 Å². The molecule has 100 valence electrons. The molecule has 1 aromatic rings. The molecule has 1 aliphatic rings. The van der Waals surface area contributed by atoms with Gasteiger partial charge in [-0.05, 0) is 43.5 Å². The summed E-state index contributed by atoms with van der Waals surface area (Å²) in [6.45, 7) is 8.98. The molecule has 2 rings (SSSR count). The van der Waals surface area contributed by atoms with E-state index in [1.807, 2.05) is 6.20 Å². The van der Waals surface area contributed by atoms with E-state index in [1.54, 1.807) is 0 Å². The highest BCUT2D eigenvalue weighted by Crippen LogP contribution is 2.22. The van der Waals surface area contributed by atoms with Crippen molar-refractivity contribution in [2.24, 2.45) is 0 Å². The number of hydrogen-bond donors (Lipinski definition) is 1. The lowest BCUT2D eigenvalue weighted by atomic mass is 9.88. The van der Waals surface area contributed by atoms with Crippen LogP contribution in [0.25, 0.3) is 0 Å². The molecule has 3 nitrogen and oxygen atoms in total. The van der Waals surface area contributed by atoms with Crippen LogP contribution < -0.4 is 5.32 Å². The fourth-order valence-corrected chi connectivity index (χ4v) is 2.42. The molecule has 18 heavy (non-hydrogen) atoms. The van der Waals surface area contributed by atoms with Crippen LogP contribution in [0.2, 0.25) is 0 Å². The Morgan fingerprint density at radius 3 is 2.67 bits per heavy atom. The highest BCUT2D eigenvalue weighted by molar-refractivity contribution is 5.38. The minimum atomic E-state index is 0.177. The fourth-order valence-electron chi connectivity index (χ4n) is 2.42. The lowest BCUT2D eigenvalue weighted by Crippen LogP contribution is -2.39. The fraction of sp³-hybridized carbons (Fsp3) is 0.667. The van der Waals surface area contributed by atoms with Gasteiger partial charge in [-0.1, -0.05) is 26.8 Å². The minimum Gasteiger partial charge on any atom is -0.366 e. The molecule has 0 radical (unpaired) electrons. The molecule has 1 aromatic heterocycles. The van der Waals surface area contributed by atoms with Gasteiger partial charge in [0.2, 0.25) is 0 Å². The minimum absolute atomic E-state index is 0.177. The van der Waals surface area contributed by atoms with E-state index >= 15 is 0 Å². The van der Waals surface area contributed by atoms with Crippen LogP contribution >= 0.6 is 0 Å². The molecule has 0 aliphatic carbocycles. The predicted octanol–water partition coefficient (Wildman–Crippen LogP) is 2.89. The van der Waals surface area contributed by atoms with Crippen LogP contribution in [-0.2, 0) is 5.41 Å². The summed E-state index contributed by atoms with van der Waals surface area (Å²) >= 11 is 0. The number of likely N-dealkylation sites (tertiary alicyclic amines) is 1. The first-order valence-electron chi connectivity index (χ1n) is 6.87. The first-order chi connectivity index (χ1) is 8.45. The second kappa shape index (κ2) is 5.27. The molecule has 1 atom stereocenters. The summed E-state index contributed by atoms with van der Waals surface area (Å²) < 4.78 is 0. The number of pyridine rings is 1. The Bertz CT molecular complexity index is 378. The average molecular weight is 247 g/mol. The van der Waals surface area contributed by atoms with Crippen LogP contribution in [0.15, 0.2) is 18.3 Å². The van der Waals surface area contributed by atoms with E-state index in [0.29, 0.717) is 6.04 Å². The van der Waals surface area contributed by atoms with Gasteiger partial charge in [0.15, 0.2) is 0 Å². The molecule has 1 N–H and O–H groups in total. The second-order valence-corrected chi connectivity index (χ2v) is 6.43. The molecule has 0 saturated carbocycles. The number of rotatable bonds is 2. The molecule has 0 aromatic carbocycles. The molecular weight excluding hydrogens is 222 g/mol. The summed E-state index contributed by atoms with van der Waals surface area (Å²) in [5.74, 6) is 1.00. The van der Waals surface area contributed by atoms with Crippen molar-refractivity contribution in [3.8, 4) is 0 Å². The van der Waals surface area contributed by atoms with Crippen LogP contribution in [0.1, 0.15) is 39.2 Å². The Kier molecular flexibility index (Phi) is 3.91. The highest BCUT2D eigenvalue weighted by Gasteiger charge is 2.18. The Balaban J connectivity index is 1.98. The summed E-state index contributed by atoms with van der Waals surface area (Å²) in [5, 5.41) is 3.54. The van der Waals surface area contributed by atoms with Gasteiger partial charge >= 0.3 is 0 Å². The summed E-state index contributed by atoms with van der Waals surface area (Å²) in [4.78, 5) is 6.91. The predicted molar refractivity (Wildman–Crippen MR) is 77.1 cm³/mol.